The molecule has 2 heterocycles. The van der Waals surface area contributed by atoms with Crippen LogP contribution in [0.5, 0.6) is 11.6 Å². The fourth-order valence-corrected chi connectivity index (χ4v) is 3.74. The molecular formula is C23H21ClF3N5O3. The van der Waals surface area contributed by atoms with Crippen molar-refractivity contribution in [2.24, 2.45) is 0 Å². The number of amides is 2. The lowest BCUT2D eigenvalue weighted by Crippen LogP contribution is -2.33. The summed E-state index contributed by atoms with van der Waals surface area (Å²) in [5, 5.41) is 14.7. The van der Waals surface area contributed by atoms with Gasteiger partial charge in [0.25, 0.3) is 0 Å². The van der Waals surface area contributed by atoms with Crippen molar-refractivity contribution in [1.29, 1.82) is 0 Å². The van der Waals surface area contributed by atoms with Crippen molar-refractivity contribution in [3.8, 4) is 11.6 Å². The third-order valence-corrected chi connectivity index (χ3v) is 5.39. The quantitative estimate of drug-likeness (QED) is 0.390. The van der Waals surface area contributed by atoms with Gasteiger partial charge in [0.15, 0.2) is 0 Å². The maximum atomic E-state index is 13.6. The van der Waals surface area contributed by atoms with E-state index in [0.29, 0.717) is 24.4 Å². The molecule has 184 valence electrons. The van der Waals surface area contributed by atoms with Gasteiger partial charge >= 0.3 is 12.2 Å². The Morgan fingerprint density at radius 1 is 1.23 bits per heavy atom. The minimum atomic E-state index is -4.65. The van der Waals surface area contributed by atoms with Crippen LogP contribution in [0.1, 0.15) is 18.1 Å². The first kappa shape index (κ1) is 24.6. The van der Waals surface area contributed by atoms with E-state index >= 15 is 0 Å². The fourth-order valence-electron chi connectivity index (χ4n) is 3.61. The van der Waals surface area contributed by atoms with Crippen LogP contribution in [0.2, 0.25) is 5.15 Å². The predicted molar refractivity (Wildman–Crippen MR) is 125 cm³/mol. The van der Waals surface area contributed by atoms with Crippen LogP contribution >= 0.6 is 11.6 Å². The number of anilines is 3. The Balaban J connectivity index is 1.48. The highest BCUT2D eigenvalue weighted by Crippen LogP contribution is 2.37. The second-order valence-corrected chi connectivity index (χ2v) is 8.28. The standard InChI is InChI=1S/C23H21ClF3N5O3/c1-13(33)11-28-18-4-2-15(9-17(18)23(25,26)27)31-22(34)32-7-6-14-8-16(3-5-19(14)32)35-21-10-20(24)29-12-30-21/h2-5,8-10,12-13,28,33H,6-7,11H2,1H3,(H,31,34). The summed E-state index contributed by atoms with van der Waals surface area (Å²) < 4.78 is 46.3. The highest BCUT2D eigenvalue weighted by molar-refractivity contribution is 6.29. The molecule has 12 heteroatoms. The number of rotatable bonds is 6. The molecule has 3 N–H and O–H groups in total. The summed E-state index contributed by atoms with van der Waals surface area (Å²) in [7, 11) is 0. The van der Waals surface area contributed by atoms with E-state index in [0.717, 1.165) is 11.6 Å². The number of hydrogen-bond donors (Lipinski definition) is 3. The van der Waals surface area contributed by atoms with Crippen LogP contribution in [-0.4, -0.2) is 40.3 Å². The largest absolute Gasteiger partial charge is 0.439 e. The number of benzene rings is 2. The molecule has 8 nitrogen and oxygen atoms in total. The molecule has 0 fully saturated rings. The van der Waals surface area contributed by atoms with Crippen LogP contribution in [0.4, 0.5) is 35.0 Å². The first-order valence-electron chi connectivity index (χ1n) is 10.6. The minimum Gasteiger partial charge on any atom is -0.439 e. The van der Waals surface area contributed by atoms with Gasteiger partial charge in [0.1, 0.15) is 17.2 Å². The number of alkyl halides is 3. The minimum absolute atomic E-state index is 0.000958. The van der Waals surface area contributed by atoms with Crippen LogP contribution in [-0.2, 0) is 12.6 Å². The zero-order chi connectivity index (χ0) is 25.2. The molecule has 3 aromatic rings. The number of fused-ring (bicyclic) bond motifs is 1. The molecule has 2 amide bonds. The third-order valence-electron chi connectivity index (χ3n) is 5.19. The van der Waals surface area contributed by atoms with Gasteiger partial charge in [-0.05, 0) is 55.3 Å². The molecule has 0 bridgehead atoms. The molecule has 1 aliphatic heterocycles. The van der Waals surface area contributed by atoms with Crippen molar-refractivity contribution in [2.45, 2.75) is 25.6 Å². The van der Waals surface area contributed by atoms with Gasteiger partial charge in [-0.3, -0.25) is 4.90 Å². The number of hydrogen-bond acceptors (Lipinski definition) is 6. The zero-order valence-corrected chi connectivity index (χ0v) is 19.2. The van der Waals surface area contributed by atoms with Crippen LogP contribution in [0.25, 0.3) is 0 Å². The summed E-state index contributed by atoms with van der Waals surface area (Å²) in [6.07, 6.45) is -3.65. The molecule has 4 rings (SSSR count). The van der Waals surface area contributed by atoms with E-state index in [-0.39, 0.29) is 29.0 Å². The zero-order valence-electron chi connectivity index (χ0n) is 18.4. The third kappa shape index (κ3) is 5.92. The van der Waals surface area contributed by atoms with Crippen LogP contribution in [0.3, 0.4) is 0 Å². The number of aliphatic hydroxyl groups excluding tert-OH is 1. The van der Waals surface area contributed by atoms with E-state index in [1.54, 1.807) is 18.2 Å². The van der Waals surface area contributed by atoms with Crippen molar-refractivity contribution in [1.82, 2.24) is 9.97 Å². The highest BCUT2D eigenvalue weighted by atomic mass is 35.5. The topological polar surface area (TPSA) is 99.6 Å². The summed E-state index contributed by atoms with van der Waals surface area (Å²) in [5.74, 6) is 0.764. The van der Waals surface area contributed by atoms with Gasteiger partial charge in [-0.15, -0.1) is 0 Å². The molecule has 0 saturated heterocycles. The van der Waals surface area contributed by atoms with Crippen molar-refractivity contribution in [3.63, 3.8) is 0 Å². The van der Waals surface area contributed by atoms with Gasteiger partial charge in [-0.25, -0.2) is 14.8 Å². The lowest BCUT2D eigenvalue weighted by atomic mass is 10.1. The monoisotopic (exact) mass is 507 g/mol. The Morgan fingerprint density at radius 3 is 2.74 bits per heavy atom. The molecule has 0 radical (unpaired) electrons. The lowest BCUT2D eigenvalue weighted by Gasteiger charge is -2.20. The van der Waals surface area contributed by atoms with Gasteiger partial charge in [0.2, 0.25) is 5.88 Å². The average molecular weight is 508 g/mol. The van der Waals surface area contributed by atoms with Gasteiger partial charge in [-0.2, -0.15) is 13.2 Å². The maximum absolute atomic E-state index is 13.6. The Morgan fingerprint density at radius 2 is 2.03 bits per heavy atom. The number of aliphatic hydroxyl groups is 1. The Hall–Kier alpha value is -3.57. The number of halogens is 4. The molecule has 1 atom stereocenters. The Bertz CT molecular complexity index is 1240. The molecular weight excluding hydrogens is 487 g/mol. The van der Waals surface area contributed by atoms with Crippen molar-refractivity contribution >= 4 is 34.7 Å². The first-order chi connectivity index (χ1) is 16.6. The van der Waals surface area contributed by atoms with Gasteiger partial charge in [0.05, 0.1) is 11.7 Å². The van der Waals surface area contributed by atoms with E-state index in [1.807, 2.05) is 0 Å². The van der Waals surface area contributed by atoms with Crippen molar-refractivity contribution in [3.05, 3.63) is 65.1 Å². The van der Waals surface area contributed by atoms with Gasteiger partial charge in [0, 0.05) is 36.2 Å². The van der Waals surface area contributed by atoms with Gasteiger partial charge < -0.3 is 20.5 Å². The number of nitrogens with zero attached hydrogens (tertiary/aromatic N) is 3. The van der Waals surface area contributed by atoms with E-state index in [4.69, 9.17) is 16.3 Å². The molecule has 2 aromatic carbocycles. The summed E-state index contributed by atoms with van der Waals surface area (Å²) in [6, 6.07) is 9.49. The number of carbonyl (C=O) groups excluding carboxylic acids is 1. The number of nitrogens with one attached hydrogen (secondary N) is 2. The Labute approximate surface area is 203 Å². The van der Waals surface area contributed by atoms with E-state index in [9.17, 15) is 23.1 Å². The second-order valence-electron chi connectivity index (χ2n) is 7.89. The maximum Gasteiger partial charge on any atom is 0.418 e. The number of aromatic nitrogens is 2. The fraction of sp³-hybridized carbons (Fsp3) is 0.261. The SMILES string of the molecule is CC(O)CNc1ccc(NC(=O)N2CCc3cc(Oc4cc(Cl)ncn4)ccc32)cc1C(F)(F)F. The van der Waals surface area contributed by atoms with Crippen molar-refractivity contribution < 1.29 is 27.8 Å². The van der Waals surface area contributed by atoms with Crippen LogP contribution in [0.15, 0.2) is 48.8 Å². The van der Waals surface area contributed by atoms with Crippen molar-refractivity contribution in [2.75, 3.05) is 28.6 Å². The number of urea groups is 1. The molecule has 0 spiro atoms. The normalized spacial score (nSPS) is 13.8. The summed E-state index contributed by atoms with van der Waals surface area (Å²) >= 11 is 5.84. The molecule has 0 saturated carbocycles. The van der Waals surface area contributed by atoms with Crippen LogP contribution in [0, 0.1) is 0 Å². The van der Waals surface area contributed by atoms with E-state index < -0.39 is 23.9 Å². The average Bonchev–Trinajstić information content (AvgIpc) is 3.21. The summed E-state index contributed by atoms with van der Waals surface area (Å²) in [6.45, 7) is 1.77. The molecule has 0 aliphatic carbocycles. The van der Waals surface area contributed by atoms with E-state index in [2.05, 4.69) is 20.6 Å². The second kappa shape index (κ2) is 9.96. The molecule has 1 aliphatic rings. The molecule has 35 heavy (non-hydrogen) atoms. The van der Waals surface area contributed by atoms with Gasteiger partial charge in [-0.1, -0.05) is 11.6 Å². The Kier molecular flexibility index (Phi) is 6.99. The molecule has 1 aromatic heterocycles. The smallest absolute Gasteiger partial charge is 0.418 e. The highest BCUT2D eigenvalue weighted by Gasteiger charge is 2.34. The van der Waals surface area contributed by atoms with Crippen LogP contribution < -0.4 is 20.3 Å². The lowest BCUT2D eigenvalue weighted by molar-refractivity contribution is -0.136. The molecule has 1 unspecified atom stereocenters. The summed E-state index contributed by atoms with van der Waals surface area (Å²) in [4.78, 5) is 22.1. The number of carbonyl (C=O) groups is 1. The number of ether oxygens (including phenoxy) is 1. The summed E-state index contributed by atoms with van der Waals surface area (Å²) in [5.41, 5.74) is 0.345. The predicted octanol–water partition coefficient (Wildman–Crippen LogP) is 5.33. The van der Waals surface area contributed by atoms with E-state index in [1.165, 1.54) is 36.4 Å². The first-order valence-corrected chi connectivity index (χ1v) is 11.0.